The SMILES string of the molecule is CC(=O)N(CCN(C)C)CC(=O)Nc1ccc(C(C)(C)C)cc1. The number of carbonyl (C=O) groups excluding carboxylic acids is 2. The maximum atomic E-state index is 12.1. The van der Waals surface area contributed by atoms with Gasteiger partial charge in [0.25, 0.3) is 0 Å². The van der Waals surface area contributed by atoms with Crippen molar-refractivity contribution in [3.05, 3.63) is 29.8 Å². The molecule has 0 fully saturated rings. The van der Waals surface area contributed by atoms with Gasteiger partial charge in [0.1, 0.15) is 0 Å². The van der Waals surface area contributed by atoms with Crippen LogP contribution < -0.4 is 5.32 Å². The zero-order chi connectivity index (χ0) is 17.6. The average molecular weight is 319 g/mol. The zero-order valence-corrected chi connectivity index (χ0v) is 15.1. The number of amides is 2. The molecule has 1 aromatic carbocycles. The first-order chi connectivity index (χ1) is 10.6. The highest BCUT2D eigenvalue weighted by atomic mass is 16.2. The number of hydrogen-bond donors (Lipinski definition) is 1. The smallest absolute Gasteiger partial charge is 0.243 e. The predicted octanol–water partition coefficient (Wildman–Crippen LogP) is 2.33. The third kappa shape index (κ3) is 6.82. The standard InChI is InChI=1S/C18H29N3O2/c1-14(22)21(12-11-20(5)6)13-17(23)19-16-9-7-15(8-10-16)18(2,3)4/h7-10H,11-13H2,1-6H3,(H,19,23). The lowest BCUT2D eigenvalue weighted by molar-refractivity contribution is -0.132. The van der Waals surface area contributed by atoms with Crippen LogP contribution in [0.25, 0.3) is 0 Å². The molecule has 23 heavy (non-hydrogen) atoms. The van der Waals surface area contributed by atoms with Crippen LogP contribution in [0.5, 0.6) is 0 Å². The second-order valence-corrected chi connectivity index (χ2v) is 7.12. The fourth-order valence-corrected chi connectivity index (χ4v) is 2.10. The van der Waals surface area contributed by atoms with Crippen molar-refractivity contribution < 1.29 is 9.59 Å². The Morgan fingerprint density at radius 1 is 1.04 bits per heavy atom. The lowest BCUT2D eigenvalue weighted by Crippen LogP contribution is -2.40. The summed E-state index contributed by atoms with van der Waals surface area (Å²) in [6.45, 7) is 9.28. The van der Waals surface area contributed by atoms with Crippen molar-refractivity contribution in [3.8, 4) is 0 Å². The molecule has 5 nitrogen and oxygen atoms in total. The Bertz CT molecular complexity index is 530. The highest BCUT2D eigenvalue weighted by molar-refractivity contribution is 5.94. The fraction of sp³-hybridized carbons (Fsp3) is 0.556. The van der Waals surface area contributed by atoms with Gasteiger partial charge in [-0.2, -0.15) is 0 Å². The fourth-order valence-electron chi connectivity index (χ4n) is 2.10. The number of likely N-dealkylation sites (N-methyl/N-ethyl adjacent to an activating group) is 1. The molecular formula is C18H29N3O2. The van der Waals surface area contributed by atoms with Gasteiger partial charge in [-0.3, -0.25) is 9.59 Å². The Kier molecular flexibility index (Phi) is 6.76. The van der Waals surface area contributed by atoms with Crippen LogP contribution in [0.2, 0.25) is 0 Å². The Hall–Kier alpha value is -1.88. The van der Waals surface area contributed by atoms with E-state index < -0.39 is 0 Å². The van der Waals surface area contributed by atoms with E-state index in [1.807, 2.05) is 43.3 Å². The minimum absolute atomic E-state index is 0.0736. The third-order valence-corrected chi connectivity index (χ3v) is 3.63. The van der Waals surface area contributed by atoms with Crippen molar-refractivity contribution in [2.24, 2.45) is 0 Å². The highest BCUT2D eigenvalue weighted by Gasteiger charge is 2.15. The monoisotopic (exact) mass is 319 g/mol. The summed E-state index contributed by atoms with van der Waals surface area (Å²) in [7, 11) is 3.88. The number of benzene rings is 1. The Labute approximate surface area is 139 Å². The first-order valence-corrected chi connectivity index (χ1v) is 7.90. The molecule has 0 aromatic heterocycles. The molecule has 1 aromatic rings. The maximum absolute atomic E-state index is 12.1. The number of hydrogen-bond acceptors (Lipinski definition) is 3. The summed E-state index contributed by atoms with van der Waals surface area (Å²) in [5, 5.41) is 2.85. The van der Waals surface area contributed by atoms with E-state index in [4.69, 9.17) is 0 Å². The van der Waals surface area contributed by atoms with E-state index in [1.165, 1.54) is 12.5 Å². The maximum Gasteiger partial charge on any atom is 0.243 e. The topological polar surface area (TPSA) is 52.7 Å². The molecule has 0 aliphatic heterocycles. The largest absolute Gasteiger partial charge is 0.332 e. The Morgan fingerprint density at radius 3 is 2.04 bits per heavy atom. The summed E-state index contributed by atoms with van der Waals surface area (Å²) in [5.74, 6) is -0.271. The van der Waals surface area contributed by atoms with Crippen LogP contribution in [0, 0.1) is 0 Å². The second kappa shape index (κ2) is 8.11. The Balaban J connectivity index is 2.62. The number of nitrogens with one attached hydrogen (secondary N) is 1. The van der Waals surface area contributed by atoms with Gasteiger partial charge in [-0.1, -0.05) is 32.9 Å². The minimum Gasteiger partial charge on any atom is -0.332 e. The molecule has 1 N–H and O–H groups in total. The third-order valence-electron chi connectivity index (χ3n) is 3.63. The van der Waals surface area contributed by atoms with Crippen LogP contribution in [-0.2, 0) is 15.0 Å². The van der Waals surface area contributed by atoms with Crippen molar-refractivity contribution in [2.45, 2.75) is 33.1 Å². The van der Waals surface area contributed by atoms with E-state index in [9.17, 15) is 9.59 Å². The molecule has 1 rings (SSSR count). The molecule has 0 atom stereocenters. The van der Waals surface area contributed by atoms with Crippen LogP contribution >= 0.6 is 0 Å². The molecule has 5 heteroatoms. The highest BCUT2D eigenvalue weighted by Crippen LogP contribution is 2.23. The van der Waals surface area contributed by atoms with Crippen LogP contribution in [0.1, 0.15) is 33.3 Å². The summed E-state index contributed by atoms with van der Waals surface area (Å²) >= 11 is 0. The van der Waals surface area contributed by atoms with Crippen molar-refractivity contribution in [1.82, 2.24) is 9.80 Å². The first kappa shape index (κ1) is 19.2. The summed E-state index contributed by atoms with van der Waals surface area (Å²) in [4.78, 5) is 27.3. The molecule has 0 unspecified atom stereocenters. The predicted molar refractivity (Wildman–Crippen MR) is 94.6 cm³/mol. The normalized spacial score (nSPS) is 11.4. The number of nitrogens with zero attached hydrogens (tertiary/aromatic N) is 2. The summed E-state index contributed by atoms with van der Waals surface area (Å²) < 4.78 is 0. The summed E-state index contributed by atoms with van der Waals surface area (Å²) in [6, 6.07) is 7.83. The van der Waals surface area contributed by atoms with E-state index in [1.54, 1.807) is 4.90 Å². The van der Waals surface area contributed by atoms with Crippen LogP contribution in [0.3, 0.4) is 0 Å². The number of rotatable bonds is 6. The van der Waals surface area contributed by atoms with Gasteiger partial charge < -0.3 is 15.1 Å². The van der Waals surface area contributed by atoms with Crippen molar-refractivity contribution >= 4 is 17.5 Å². The van der Waals surface area contributed by atoms with Crippen LogP contribution in [0.15, 0.2) is 24.3 Å². The van der Waals surface area contributed by atoms with Crippen LogP contribution in [-0.4, -0.2) is 55.3 Å². The van der Waals surface area contributed by atoms with Gasteiger partial charge in [0.2, 0.25) is 11.8 Å². The molecule has 0 aliphatic carbocycles. The second-order valence-electron chi connectivity index (χ2n) is 7.12. The van der Waals surface area contributed by atoms with Gasteiger partial charge >= 0.3 is 0 Å². The molecule has 0 saturated carbocycles. The lowest BCUT2D eigenvalue weighted by atomic mass is 9.87. The van der Waals surface area contributed by atoms with Crippen LogP contribution in [0.4, 0.5) is 5.69 Å². The first-order valence-electron chi connectivity index (χ1n) is 7.90. The molecule has 0 spiro atoms. The molecule has 128 valence electrons. The van der Waals surface area contributed by atoms with E-state index >= 15 is 0 Å². The summed E-state index contributed by atoms with van der Waals surface area (Å²) in [6.07, 6.45) is 0. The van der Waals surface area contributed by atoms with E-state index in [2.05, 4.69) is 26.1 Å². The molecule has 0 aliphatic rings. The molecule has 0 saturated heterocycles. The molecular weight excluding hydrogens is 290 g/mol. The Morgan fingerprint density at radius 2 is 1.61 bits per heavy atom. The van der Waals surface area contributed by atoms with E-state index in [0.29, 0.717) is 6.54 Å². The number of anilines is 1. The quantitative estimate of drug-likeness (QED) is 0.875. The van der Waals surface area contributed by atoms with Gasteiger partial charge in [-0.25, -0.2) is 0 Å². The molecule has 0 bridgehead atoms. The number of carbonyl (C=O) groups is 2. The molecule has 0 radical (unpaired) electrons. The van der Waals surface area contributed by atoms with Gasteiger partial charge in [-0.15, -0.1) is 0 Å². The van der Waals surface area contributed by atoms with E-state index in [0.717, 1.165) is 12.2 Å². The lowest BCUT2D eigenvalue weighted by Gasteiger charge is -2.22. The molecule has 2 amide bonds. The minimum atomic E-state index is -0.178. The average Bonchev–Trinajstić information content (AvgIpc) is 2.42. The van der Waals surface area contributed by atoms with Gasteiger partial charge in [0.15, 0.2) is 0 Å². The van der Waals surface area contributed by atoms with Crippen molar-refractivity contribution in [3.63, 3.8) is 0 Å². The molecule has 0 heterocycles. The van der Waals surface area contributed by atoms with Gasteiger partial charge in [0, 0.05) is 25.7 Å². The van der Waals surface area contributed by atoms with Crippen molar-refractivity contribution in [1.29, 1.82) is 0 Å². The van der Waals surface area contributed by atoms with E-state index in [-0.39, 0.29) is 23.8 Å². The van der Waals surface area contributed by atoms with Crippen molar-refractivity contribution in [2.75, 3.05) is 39.0 Å². The van der Waals surface area contributed by atoms with Gasteiger partial charge in [0.05, 0.1) is 6.54 Å². The summed E-state index contributed by atoms with van der Waals surface area (Å²) in [5.41, 5.74) is 2.05. The zero-order valence-electron chi connectivity index (χ0n) is 15.1. The van der Waals surface area contributed by atoms with Gasteiger partial charge in [-0.05, 0) is 37.2 Å².